The highest BCUT2D eigenvalue weighted by atomic mass is 79.9. The smallest absolute Gasteiger partial charge is 0.143 e. The van der Waals surface area contributed by atoms with Crippen LogP contribution < -0.4 is 5.43 Å². The first-order chi connectivity index (χ1) is 7.25. The number of nitrogens with zero attached hydrogens (tertiary/aromatic N) is 2. The van der Waals surface area contributed by atoms with E-state index in [1.165, 1.54) is 0 Å². The van der Waals surface area contributed by atoms with Gasteiger partial charge >= 0.3 is 0 Å². The van der Waals surface area contributed by atoms with Crippen molar-refractivity contribution < 1.29 is 4.74 Å². The molecule has 1 saturated heterocycles. The van der Waals surface area contributed by atoms with Gasteiger partial charge in [0.25, 0.3) is 0 Å². The summed E-state index contributed by atoms with van der Waals surface area (Å²) in [6.45, 7) is 5.40. The topological polar surface area (TPSA) is 37.4 Å². The first kappa shape index (κ1) is 10.9. The van der Waals surface area contributed by atoms with Gasteiger partial charge in [-0.05, 0) is 34.5 Å². The van der Waals surface area contributed by atoms with E-state index in [0.29, 0.717) is 0 Å². The van der Waals surface area contributed by atoms with Crippen LogP contribution in [0.15, 0.2) is 16.7 Å². The van der Waals surface area contributed by atoms with Crippen molar-refractivity contribution in [3.63, 3.8) is 0 Å². The zero-order valence-electron chi connectivity index (χ0n) is 8.66. The number of pyridine rings is 1. The summed E-state index contributed by atoms with van der Waals surface area (Å²) in [5.74, 6) is 0.917. The van der Waals surface area contributed by atoms with Crippen LogP contribution in [0.2, 0.25) is 0 Å². The van der Waals surface area contributed by atoms with E-state index in [1.54, 1.807) is 6.20 Å². The van der Waals surface area contributed by atoms with Crippen LogP contribution in [0.4, 0.5) is 5.82 Å². The fourth-order valence-electron chi connectivity index (χ4n) is 1.48. The fraction of sp³-hybridized carbons (Fsp3) is 0.500. The maximum atomic E-state index is 5.28. The molecule has 4 nitrogen and oxygen atoms in total. The Hall–Kier alpha value is -0.650. The quantitative estimate of drug-likeness (QED) is 0.891. The summed E-state index contributed by atoms with van der Waals surface area (Å²) in [7, 11) is 0. The lowest BCUT2D eigenvalue weighted by Crippen LogP contribution is -2.40. The van der Waals surface area contributed by atoms with Gasteiger partial charge in [-0.15, -0.1) is 0 Å². The van der Waals surface area contributed by atoms with Crippen LogP contribution in [-0.2, 0) is 4.74 Å². The van der Waals surface area contributed by atoms with Gasteiger partial charge < -0.3 is 10.2 Å². The molecule has 1 aromatic heterocycles. The zero-order valence-corrected chi connectivity index (χ0v) is 10.2. The fourth-order valence-corrected chi connectivity index (χ4v) is 1.93. The molecule has 0 bridgehead atoms. The average molecular weight is 272 g/mol. The largest absolute Gasteiger partial charge is 0.379 e. The Bertz CT molecular complexity index is 339. The van der Waals surface area contributed by atoms with Crippen LogP contribution in [0.5, 0.6) is 0 Å². The van der Waals surface area contributed by atoms with E-state index in [0.717, 1.165) is 42.2 Å². The second-order valence-electron chi connectivity index (χ2n) is 3.53. The predicted molar refractivity (Wildman–Crippen MR) is 62.7 cm³/mol. The van der Waals surface area contributed by atoms with Gasteiger partial charge in [-0.2, -0.15) is 0 Å². The Morgan fingerprint density at radius 2 is 2.20 bits per heavy atom. The van der Waals surface area contributed by atoms with E-state index in [-0.39, 0.29) is 0 Å². The third kappa shape index (κ3) is 2.90. The number of hydrazine groups is 1. The van der Waals surface area contributed by atoms with Gasteiger partial charge in [-0.1, -0.05) is 0 Å². The van der Waals surface area contributed by atoms with Crippen LogP contribution in [0.25, 0.3) is 0 Å². The Morgan fingerprint density at radius 3 is 2.87 bits per heavy atom. The van der Waals surface area contributed by atoms with Crippen molar-refractivity contribution in [2.45, 2.75) is 6.92 Å². The molecule has 0 spiro atoms. The number of nitrogens with one attached hydrogen (secondary N) is 1. The van der Waals surface area contributed by atoms with Gasteiger partial charge in [0.2, 0.25) is 0 Å². The number of halogens is 1. The summed E-state index contributed by atoms with van der Waals surface area (Å²) >= 11 is 3.40. The maximum absolute atomic E-state index is 5.28. The molecule has 0 saturated carbocycles. The van der Waals surface area contributed by atoms with Crippen molar-refractivity contribution in [2.75, 3.05) is 31.7 Å². The molecule has 15 heavy (non-hydrogen) atoms. The minimum Gasteiger partial charge on any atom is -0.379 e. The molecular formula is C10H14BrN3O. The summed E-state index contributed by atoms with van der Waals surface area (Å²) < 4.78 is 6.28. The number of hydrogen-bond donors (Lipinski definition) is 1. The monoisotopic (exact) mass is 271 g/mol. The van der Waals surface area contributed by atoms with Crippen molar-refractivity contribution >= 4 is 21.7 Å². The van der Waals surface area contributed by atoms with Crippen LogP contribution in [0, 0.1) is 6.92 Å². The second kappa shape index (κ2) is 4.92. The molecule has 82 valence electrons. The molecule has 1 N–H and O–H groups in total. The lowest BCUT2D eigenvalue weighted by molar-refractivity contribution is 0.0494. The molecule has 2 heterocycles. The molecule has 2 rings (SSSR count). The molecule has 5 heteroatoms. The highest BCUT2D eigenvalue weighted by Gasteiger charge is 2.11. The van der Waals surface area contributed by atoms with Crippen LogP contribution in [0.1, 0.15) is 5.56 Å². The van der Waals surface area contributed by atoms with Gasteiger partial charge in [0.15, 0.2) is 0 Å². The van der Waals surface area contributed by atoms with Crippen LogP contribution >= 0.6 is 15.9 Å². The maximum Gasteiger partial charge on any atom is 0.143 e. The van der Waals surface area contributed by atoms with Gasteiger partial charge in [-0.25, -0.2) is 9.99 Å². The Kier molecular flexibility index (Phi) is 3.56. The predicted octanol–water partition coefficient (Wildman–Crippen LogP) is 1.81. The normalized spacial score (nSPS) is 17.7. The number of aromatic nitrogens is 1. The lowest BCUT2D eigenvalue weighted by Gasteiger charge is -2.27. The van der Waals surface area contributed by atoms with Crippen LogP contribution in [-0.4, -0.2) is 36.3 Å². The summed E-state index contributed by atoms with van der Waals surface area (Å²) in [5, 5.41) is 2.13. The minimum absolute atomic E-state index is 0.780. The van der Waals surface area contributed by atoms with Gasteiger partial charge in [0.05, 0.1) is 13.2 Å². The molecule has 1 aliphatic rings. The number of morpholine rings is 1. The van der Waals surface area contributed by atoms with E-state index < -0.39 is 0 Å². The SMILES string of the molecule is Cc1cc(Br)cnc1NN1CCOCC1. The number of aryl methyl sites for hydroxylation is 1. The number of anilines is 1. The molecule has 1 fully saturated rings. The van der Waals surface area contributed by atoms with E-state index in [4.69, 9.17) is 4.74 Å². The molecule has 0 amide bonds. The van der Waals surface area contributed by atoms with Crippen molar-refractivity contribution in [2.24, 2.45) is 0 Å². The van der Waals surface area contributed by atoms with E-state index in [2.05, 4.69) is 37.4 Å². The molecular weight excluding hydrogens is 258 g/mol. The highest BCUT2D eigenvalue weighted by Crippen LogP contribution is 2.17. The minimum atomic E-state index is 0.780. The summed E-state index contributed by atoms with van der Waals surface area (Å²) in [4.78, 5) is 4.33. The molecule has 0 radical (unpaired) electrons. The van der Waals surface area contributed by atoms with Crippen molar-refractivity contribution in [1.82, 2.24) is 9.99 Å². The van der Waals surface area contributed by atoms with Gasteiger partial charge in [-0.3, -0.25) is 0 Å². The van der Waals surface area contributed by atoms with Gasteiger partial charge in [0.1, 0.15) is 5.82 Å². The number of rotatable bonds is 2. The standard InChI is InChI=1S/C10H14BrN3O/c1-8-6-9(11)7-12-10(8)13-14-2-4-15-5-3-14/h6-7H,2-5H2,1H3,(H,12,13). The van der Waals surface area contributed by atoms with E-state index in [9.17, 15) is 0 Å². The molecule has 0 aromatic carbocycles. The van der Waals surface area contributed by atoms with Crippen molar-refractivity contribution in [3.8, 4) is 0 Å². The number of ether oxygens (including phenoxy) is 1. The molecule has 1 aliphatic heterocycles. The first-order valence-electron chi connectivity index (χ1n) is 4.97. The van der Waals surface area contributed by atoms with Crippen molar-refractivity contribution in [3.05, 3.63) is 22.3 Å². The lowest BCUT2D eigenvalue weighted by atomic mass is 10.3. The third-order valence-electron chi connectivity index (χ3n) is 2.32. The summed E-state index contributed by atoms with van der Waals surface area (Å²) in [6, 6.07) is 2.05. The molecule has 0 aliphatic carbocycles. The van der Waals surface area contributed by atoms with E-state index in [1.807, 2.05) is 6.92 Å². The average Bonchev–Trinajstić information content (AvgIpc) is 2.24. The molecule has 1 aromatic rings. The Morgan fingerprint density at radius 1 is 1.47 bits per heavy atom. The Balaban J connectivity index is 2.03. The van der Waals surface area contributed by atoms with Crippen molar-refractivity contribution in [1.29, 1.82) is 0 Å². The molecule has 0 unspecified atom stereocenters. The second-order valence-corrected chi connectivity index (χ2v) is 4.45. The van der Waals surface area contributed by atoms with Gasteiger partial charge in [0, 0.05) is 23.8 Å². The highest BCUT2D eigenvalue weighted by molar-refractivity contribution is 9.10. The third-order valence-corrected chi connectivity index (χ3v) is 2.75. The molecule has 0 atom stereocenters. The first-order valence-corrected chi connectivity index (χ1v) is 5.76. The summed E-state index contributed by atoms with van der Waals surface area (Å²) in [6.07, 6.45) is 1.80. The zero-order chi connectivity index (χ0) is 10.7. The Labute approximate surface area is 97.7 Å². The van der Waals surface area contributed by atoms with Crippen LogP contribution in [0.3, 0.4) is 0 Å². The van der Waals surface area contributed by atoms with E-state index >= 15 is 0 Å². The number of hydrogen-bond acceptors (Lipinski definition) is 4. The summed E-state index contributed by atoms with van der Waals surface area (Å²) in [5.41, 5.74) is 4.43.